The Kier molecular flexibility index (Phi) is 4.93. The lowest BCUT2D eigenvalue weighted by Crippen LogP contribution is -2.46. The third-order valence-electron chi connectivity index (χ3n) is 3.59. The second-order valence-electron chi connectivity index (χ2n) is 4.89. The van der Waals surface area contributed by atoms with Gasteiger partial charge in [0.15, 0.2) is 0 Å². The third-order valence-corrected chi connectivity index (χ3v) is 4.10. The molecule has 1 aliphatic rings. The van der Waals surface area contributed by atoms with E-state index in [1.54, 1.807) is 0 Å². The standard InChI is InChI=1S/C13H21ClN4O/c1-3-10-11(4-2)17-18-12(15-10)16-13(9-14)5-7-19-8-6-13/h3-9H2,1-2H3,(H,15,16,18). The van der Waals surface area contributed by atoms with Crippen LogP contribution in [0.15, 0.2) is 0 Å². The number of rotatable bonds is 5. The quantitative estimate of drug-likeness (QED) is 0.840. The van der Waals surface area contributed by atoms with Crippen LogP contribution in [0, 0.1) is 0 Å². The zero-order valence-electron chi connectivity index (χ0n) is 11.6. The van der Waals surface area contributed by atoms with Crippen molar-refractivity contribution < 1.29 is 4.74 Å². The predicted octanol–water partition coefficient (Wildman–Crippen LogP) is 2.20. The summed E-state index contributed by atoms with van der Waals surface area (Å²) in [5.41, 5.74) is 1.82. The number of nitrogens with zero attached hydrogens (tertiary/aromatic N) is 3. The van der Waals surface area contributed by atoms with Crippen LogP contribution in [0.5, 0.6) is 0 Å². The molecule has 0 atom stereocenters. The molecule has 1 aromatic rings. The zero-order valence-corrected chi connectivity index (χ0v) is 12.3. The Morgan fingerprint density at radius 1 is 1.16 bits per heavy atom. The summed E-state index contributed by atoms with van der Waals surface area (Å²) in [7, 11) is 0. The molecule has 0 unspecified atom stereocenters. The number of halogens is 1. The lowest BCUT2D eigenvalue weighted by molar-refractivity contribution is 0.0665. The Morgan fingerprint density at radius 2 is 1.84 bits per heavy atom. The van der Waals surface area contributed by atoms with Gasteiger partial charge in [-0.2, -0.15) is 5.10 Å². The van der Waals surface area contributed by atoms with E-state index in [1.807, 2.05) is 0 Å². The lowest BCUT2D eigenvalue weighted by Gasteiger charge is -2.36. The Labute approximate surface area is 119 Å². The number of hydrogen-bond acceptors (Lipinski definition) is 5. The molecule has 106 valence electrons. The van der Waals surface area contributed by atoms with E-state index in [0.29, 0.717) is 11.8 Å². The molecule has 2 heterocycles. The Morgan fingerprint density at radius 3 is 2.42 bits per heavy atom. The smallest absolute Gasteiger partial charge is 0.243 e. The van der Waals surface area contributed by atoms with Crippen LogP contribution in [-0.4, -0.2) is 39.8 Å². The molecule has 0 aliphatic carbocycles. The number of aryl methyl sites for hydroxylation is 2. The van der Waals surface area contributed by atoms with Gasteiger partial charge in [0.05, 0.1) is 16.9 Å². The fraction of sp³-hybridized carbons (Fsp3) is 0.769. The van der Waals surface area contributed by atoms with Crippen LogP contribution >= 0.6 is 11.6 Å². The monoisotopic (exact) mass is 284 g/mol. The molecule has 19 heavy (non-hydrogen) atoms. The number of hydrogen-bond donors (Lipinski definition) is 1. The van der Waals surface area contributed by atoms with Crippen molar-refractivity contribution in [2.24, 2.45) is 0 Å². The topological polar surface area (TPSA) is 59.9 Å². The number of ether oxygens (including phenoxy) is 1. The van der Waals surface area contributed by atoms with Gasteiger partial charge in [-0.15, -0.1) is 16.7 Å². The van der Waals surface area contributed by atoms with Gasteiger partial charge in [0.1, 0.15) is 0 Å². The Balaban J connectivity index is 2.17. The van der Waals surface area contributed by atoms with Gasteiger partial charge in [-0.1, -0.05) is 13.8 Å². The minimum absolute atomic E-state index is 0.166. The van der Waals surface area contributed by atoms with Crippen molar-refractivity contribution in [3.63, 3.8) is 0 Å². The van der Waals surface area contributed by atoms with Gasteiger partial charge in [0.2, 0.25) is 5.95 Å². The maximum absolute atomic E-state index is 6.13. The molecular formula is C13H21ClN4O. The van der Waals surface area contributed by atoms with Crippen LogP contribution in [0.1, 0.15) is 38.1 Å². The number of nitrogens with one attached hydrogen (secondary N) is 1. The minimum Gasteiger partial charge on any atom is -0.381 e. The van der Waals surface area contributed by atoms with E-state index in [2.05, 4.69) is 34.3 Å². The highest BCUT2D eigenvalue weighted by atomic mass is 35.5. The maximum atomic E-state index is 6.13. The summed E-state index contributed by atoms with van der Waals surface area (Å²) in [5, 5.41) is 11.8. The molecule has 0 spiro atoms. The molecule has 2 rings (SSSR count). The van der Waals surface area contributed by atoms with Crippen molar-refractivity contribution in [2.45, 2.75) is 45.1 Å². The Bertz CT molecular complexity index is 421. The highest BCUT2D eigenvalue weighted by molar-refractivity contribution is 6.18. The van der Waals surface area contributed by atoms with Crippen LogP contribution in [0.2, 0.25) is 0 Å². The molecule has 0 bridgehead atoms. The normalized spacial score (nSPS) is 18.3. The molecule has 1 aromatic heterocycles. The molecule has 5 nitrogen and oxygen atoms in total. The minimum atomic E-state index is -0.166. The average molecular weight is 285 g/mol. The molecule has 1 N–H and O–H groups in total. The van der Waals surface area contributed by atoms with E-state index in [1.165, 1.54) is 0 Å². The summed E-state index contributed by atoms with van der Waals surface area (Å²) in [5.74, 6) is 1.10. The van der Waals surface area contributed by atoms with Gasteiger partial charge in [-0.25, -0.2) is 4.98 Å². The molecule has 0 aromatic carbocycles. The van der Waals surface area contributed by atoms with Gasteiger partial charge in [0, 0.05) is 19.1 Å². The highest BCUT2D eigenvalue weighted by Gasteiger charge is 2.32. The summed E-state index contributed by atoms with van der Waals surface area (Å²) >= 11 is 6.13. The van der Waals surface area contributed by atoms with Gasteiger partial charge in [-0.3, -0.25) is 0 Å². The fourth-order valence-electron chi connectivity index (χ4n) is 2.28. The summed E-state index contributed by atoms with van der Waals surface area (Å²) < 4.78 is 5.39. The Hall–Kier alpha value is -0.940. The SMILES string of the molecule is CCc1nnc(NC2(CCl)CCOCC2)nc1CC. The molecule has 1 saturated heterocycles. The van der Waals surface area contributed by atoms with Crippen molar-refractivity contribution in [1.82, 2.24) is 15.2 Å². The van der Waals surface area contributed by atoms with Crippen LogP contribution in [0.4, 0.5) is 5.95 Å². The highest BCUT2D eigenvalue weighted by Crippen LogP contribution is 2.26. The number of anilines is 1. The van der Waals surface area contributed by atoms with Gasteiger partial charge >= 0.3 is 0 Å². The van der Waals surface area contributed by atoms with E-state index >= 15 is 0 Å². The van der Waals surface area contributed by atoms with Gasteiger partial charge in [-0.05, 0) is 25.7 Å². The van der Waals surface area contributed by atoms with Crippen LogP contribution in [0.3, 0.4) is 0 Å². The second-order valence-corrected chi connectivity index (χ2v) is 5.15. The third kappa shape index (κ3) is 3.34. The van der Waals surface area contributed by atoms with E-state index < -0.39 is 0 Å². The summed E-state index contributed by atoms with van der Waals surface area (Å²) in [6, 6.07) is 0. The fourth-order valence-corrected chi connectivity index (χ4v) is 2.62. The average Bonchev–Trinajstić information content (AvgIpc) is 2.48. The maximum Gasteiger partial charge on any atom is 0.243 e. The summed E-state index contributed by atoms with van der Waals surface area (Å²) in [6.07, 6.45) is 3.47. The van der Waals surface area contributed by atoms with Crippen molar-refractivity contribution in [1.29, 1.82) is 0 Å². The van der Waals surface area contributed by atoms with E-state index in [0.717, 1.165) is 50.3 Å². The van der Waals surface area contributed by atoms with Crippen LogP contribution in [-0.2, 0) is 17.6 Å². The van der Waals surface area contributed by atoms with E-state index in [4.69, 9.17) is 16.3 Å². The van der Waals surface area contributed by atoms with Gasteiger partial charge < -0.3 is 10.1 Å². The van der Waals surface area contributed by atoms with E-state index in [-0.39, 0.29) is 5.54 Å². The molecule has 1 aliphatic heterocycles. The molecule has 0 saturated carbocycles. The van der Waals surface area contributed by atoms with Crippen LogP contribution < -0.4 is 5.32 Å². The molecule has 6 heteroatoms. The lowest BCUT2D eigenvalue weighted by atomic mass is 9.92. The van der Waals surface area contributed by atoms with Crippen molar-refractivity contribution in [3.05, 3.63) is 11.4 Å². The molecule has 1 fully saturated rings. The zero-order chi connectivity index (χ0) is 13.7. The number of alkyl halides is 1. The summed E-state index contributed by atoms with van der Waals surface area (Å²) in [4.78, 5) is 4.56. The first-order valence-electron chi connectivity index (χ1n) is 6.87. The van der Waals surface area contributed by atoms with Crippen LogP contribution in [0.25, 0.3) is 0 Å². The predicted molar refractivity (Wildman–Crippen MR) is 75.7 cm³/mol. The summed E-state index contributed by atoms with van der Waals surface area (Å²) in [6.45, 7) is 5.59. The van der Waals surface area contributed by atoms with Crippen molar-refractivity contribution in [2.75, 3.05) is 24.4 Å². The van der Waals surface area contributed by atoms with Crippen molar-refractivity contribution in [3.8, 4) is 0 Å². The first kappa shape index (κ1) is 14.5. The molecular weight excluding hydrogens is 264 g/mol. The largest absolute Gasteiger partial charge is 0.381 e. The van der Waals surface area contributed by atoms with Gasteiger partial charge in [0.25, 0.3) is 0 Å². The first-order chi connectivity index (χ1) is 9.23. The molecule has 0 amide bonds. The first-order valence-corrected chi connectivity index (χ1v) is 7.41. The number of aromatic nitrogens is 3. The molecule has 0 radical (unpaired) electrons. The van der Waals surface area contributed by atoms with E-state index in [9.17, 15) is 0 Å². The second kappa shape index (κ2) is 6.48. The van der Waals surface area contributed by atoms with Crippen molar-refractivity contribution >= 4 is 17.5 Å².